The molecule has 0 spiro atoms. The number of halogens is 2. The maximum atomic E-state index is 5.87. The smallest absolute Gasteiger partial charge is 0.0931 e. The van der Waals surface area contributed by atoms with E-state index in [2.05, 4.69) is 35.8 Å². The Hall–Kier alpha value is 0.470. The van der Waals surface area contributed by atoms with Crippen LogP contribution in [0.2, 0.25) is 4.34 Å². The Balaban J connectivity index is 2.80. The summed E-state index contributed by atoms with van der Waals surface area (Å²) in [7, 11) is 0. The first-order chi connectivity index (χ1) is 5.65. The zero-order valence-electron chi connectivity index (χ0n) is 7.18. The van der Waals surface area contributed by atoms with Crippen LogP contribution in [0.3, 0.4) is 0 Å². The number of alkyl halides is 1. The Kier molecular flexibility index (Phi) is 4.08. The molecule has 1 unspecified atom stereocenters. The highest BCUT2D eigenvalue weighted by Gasteiger charge is 2.15. The molecule has 0 fully saturated rings. The molecule has 3 heteroatoms. The largest absolute Gasteiger partial charge is 0.128 e. The van der Waals surface area contributed by atoms with Gasteiger partial charge in [-0.05, 0) is 18.1 Å². The van der Waals surface area contributed by atoms with Gasteiger partial charge in [0.1, 0.15) is 0 Å². The molecule has 0 N–H and O–H groups in total. The Bertz CT molecular complexity index is 244. The van der Waals surface area contributed by atoms with Crippen LogP contribution in [0.5, 0.6) is 0 Å². The Morgan fingerprint density at radius 1 is 1.50 bits per heavy atom. The first kappa shape index (κ1) is 10.6. The topological polar surface area (TPSA) is 0 Å². The van der Waals surface area contributed by atoms with Crippen molar-refractivity contribution in [2.75, 3.05) is 5.33 Å². The van der Waals surface area contributed by atoms with Crippen LogP contribution < -0.4 is 0 Å². The van der Waals surface area contributed by atoms with Gasteiger partial charge in [0.25, 0.3) is 0 Å². The van der Waals surface area contributed by atoms with Crippen molar-refractivity contribution < 1.29 is 0 Å². The summed E-state index contributed by atoms with van der Waals surface area (Å²) >= 11 is 11.1. The van der Waals surface area contributed by atoms with Gasteiger partial charge in [-0.2, -0.15) is 0 Å². The lowest BCUT2D eigenvalue weighted by atomic mass is 9.97. The van der Waals surface area contributed by atoms with E-state index in [0.29, 0.717) is 11.8 Å². The second kappa shape index (κ2) is 4.64. The summed E-state index contributed by atoms with van der Waals surface area (Å²) in [6, 6.07) is 4.10. The molecule has 0 aliphatic carbocycles. The normalized spacial score (nSPS) is 13.8. The van der Waals surface area contributed by atoms with Gasteiger partial charge < -0.3 is 0 Å². The third-order valence-electron chi connectivity index (χ3n) is 1.93. The van der Waals surface area contributed by atoms with E-state index < -0.39 is 0 Å². The quantitative estimate of drug-likeness (QED) is 0.706. The fraction of sp³-hybridized carbons (Fsp3) is 0.556. The Labute approximate surface area is 91.1 Å². The second-order valence-corrected chi connectivity index (χ2v) is 5.54. The summed E-state index contributed by atoms with van der Waals surface area (Å²) in [5.41, 5.74) is 0. The minimum absolute atomic E-state index is 0.600. The van der Waals surface area contributed by atoms with Crippen molar-refractivity contribution in [2.24, 2.45) is 5.92 Å². The predicted molar refractivity (Wildman–Crippen MR) is 60.7 cm³/mol. The zero-order chi connectivity index (χ0) is 9.14. The molecule has 0 radical (unpaired) electrons. The average molecular weight is 268 g/mol. The molecular weight excluding hydrogens is 256 g/mol. The molecule has 0 saturated carbocycles. The van der Waals surface area contributed by atoms with Crippen molar-refractivity contribution in [3.8, 4) is 0 Å². The summed E-state index contributed by atoms with van der Waals surface area (Å²) in [5.74, 6) is 1.27. The molecule has 1 aromatic rings. The van der Waals surface area contributed by atoms with Crippen LogP contribution >= 0.6 is 38.9 Å². The van der Waals surface area contributed by atoms with Gasteiger partial charge in [0, 0.05) is 16.1 Å². The maximum Gasteiger partial charge on any atom is 0.0931 e. The lowest BCUT2D eigenvalue weighted by Gasteiger charge is -2.15. The maximum absolute atomic E-state index is 5.87. The highest BCUT2D eigenvalue weighted by atomic mass is 79.9. The van der Waals surface area contributed by atoms with E-state index in [0.717, 1.165) is 9.67 Å². The van der Waals surface area contributed by atoms with Crippen LogP contribution in [0.4, 0.5) is 0 Å². The van der Waals surface area contributed by atoms with E-state index >= 15 is 0 Å². The SMILES string of the molecule is CC(C)C(CBr)c1ccc(Cl)s1. The molecule has 0 saturated heterocycles. The molecule has 12 heavy (non-hydrogen) atoms. The van der Waals surface area contributed by atoms with Crippen LogP contribution in [0, 0.1) is 5.92 Å². The monoisotopic (exact) mass is 266 g/mol. The fourth-order valence-electron chi connectivity index (χ4n) is 1.11. The number of rotatable bonds is 3. The molecule has 68 valence electrons. The summed E-state index contributed by atoms with van der Waals surface area (Å²) in [6.45, 7) is 4.47. The molecule has 0 aliphatic rings. The molecule has 1 atom stereocenters. The van der Waals surface area contributed by atoms with Crippen LogP contribution in [-0.4, -0.2) is 5.33 Å². The third-order valence-corrected chi connectivity index (χ3v) is 3.99. The van der Waals surface area contributed by atoms with Gasteiger partial charge in [-0.25, -0.2) is 0 Å². The summed E-state index contributed by atoms with van der Waals surface area (Å²) in [6.07, 6.45) is 0. The molecule has 0 amide bonds. The van der Waals surface area contributed by atoms with Crippen molar-refractivity contribution in [3.63, 3.8) is 0 Å². The van der Waals surface area contributed by atoms with E-state index in [1.807, 2.05) is 6.07 Å². The van der Waals surface area contributed by atoms with Crippen LogP contribution in [0.15, 0.2) is 12.1 Å². The van der Waals surface area contributed by atoms with E-state index in [-0.39, 0.29) is 0 Å². The molecule has 1 heterocycles. The van der Waals surface area contributed by atoms with Gasteiger partial charge >= 0.3 is 0 Å². The van der Waals surface area contributed by atoms with Gasteiger partial charge in [0.05, 0.1) is 4.34 Å². The number of hydrogen-bond donors (Lipinski definition) is 0. The Morgan fingerprint density at radius 3 is 2.50 bits per heavy atom. The molecular formula is C9H12BrClS. The third kappa shape index (κ3) is 2.48. The van der Waals surface area contributed by atoms with Gasteiger partial charge in [-0.3, -0.25) is 0 Å². The number of hydrogen-bond acceptors (Lipinski definition) is 1. The summed E-state index contributed by atoms with van der Waals surface area (Å²) < 4.78 is 0.886. The van der Waals surface area contributed by atoms with Crippen LogP contribution in [0.25, 0.3) is 0 Å². The fourth-order valence-corrected chi connectivity index (χ4v) is 3.76. The van der Waals surface area contributed by atoms with Gasteiger partial charge in [-0.15, -0.1) is 11.3 Å². The number of thiophene rings is 1. The van der Waals surface area contributed by atoms with E-state index in [9.17, 15) is 0 Å². The van der Waals surface area contributed by atoms with Crippen molar-refractivity contribution in [1.29, 1.82) is 0 Å². The molecule has 0 nitrogen and oxygen atoms in total. The lowest BCUT2D eigenvalue weighted by Crippen LogP contribution is -2.05. The first-order valence-corrected chi connectivity index (χ1v) is 6.28. The van der Waals surface area contributed by atoms with Crippen molar-refractivity contribution in [3.05, 3.63) is 21.3 Å². The van der Waals surface area contributed by atoms with Crippen LogP contribution in [0.1, 0.15) is 24.6 Å². The Morgan fingerprint density at radius 2 is 2.17 bits per heavy atom. The van der Waals surface area contributed by atoms with E-state index in [4.69, 9.17) is 11.6 Å². The van der Waals surface area contributed by atoms with Gasteiger partial charge in [-0.1, -0.05) is 41.4 Å². The molecule has 1 rings (SSSR count). The summed E-state index contributed by atoms with van der Waals surface area (Å²) in [5, 5.41) is 1.02. The highest BCUT2D eigenvalue weighted by Crippen LogP contribution is 2.33. The minimum atomic E-state index is 0.600. The molecule has 1 aromatic heterocycles. The molecule has 0 aromatic carbocycles. The predicted octanol–water partition coefficient (Wildman–Crippen LogP) is 4.54. The van der Waals surface area contributed by atoms with E-state index in [1.54, 1.807) is 11.3 Å². The average Bonchev–Trinajstić information content (AvgIpc) is 2.37. The zero-order valence-corrected chi connectivity index (χ0v) is 10.3. The summed E-state index contributed by atoms with van der Waals surface area (Å²) in [4.78, 5) is 1.38. The van der Waals surface area contributed by atoms with Crippen molar-refractivity contribution in [1.82, 2.24) is 0 Å². The van der Waals surface area contributed by atoms with Crippen molar-refractivity contribution in [2.45, 2.75) is 19.8 Å². The van der Waals surface area contributed by atoms with Crippen LogP contribution in [-0.2, 0) is 0 Å². The van der Waals surface area contributed by atoms with E-state index in [1.165, 1.54) is 4.88 Å². The standard InChI is InChI=1S/C9H12BrClS/c1-6(2)7(5-10)8-3-4-9(11)12-8/h3-4,6-7H,5H2,1-2H3. The highest BCUT2D eigenvalue weighted by molar-refractivity contribution is 9.09. The molecule has 0 aliphatic heterocycles. The molecule has 0 bridgehead atoms. The van der Waals surface area contributed by atoms with Gasteiger partial charge in [0.2, 0.25) is 0 Å². The minimum Gasteiger partial charge on any atom is -0.128 e. The second-order valence-electron chi connectivity index (χ2n) is 3.15. The lowest BCUT2D eigenvalue weighted by molar-refractivity contribution is 0.552. The van der Waals surface area contributed by atoms with Gasteiger partial charge in [0.15, 0.2) is 0 Å². The first-order valence-electron chi connectivity index (χ1n) is 3.96. The van der Waals surface area contributed by atoms with Crippen molar-refractivity contribution >= 4 is 38.9 Å².